The second-order valence-electron chi connectivity index (χ2n) is 7.15. The predicted octanol–water partition coefficient (Wildman–Crippen LogP) is 5.38. The lowest BCUT2D eigenvalue weighted by Gasteiger charge is -2.29. The van der Waals surface area contributed by atoms with Gasteiger partial charge in [-0.25, -0.2) is 0 Å². The lowest BCUT2D eigenvalue weighted by atomic mass is 9.76. The van der Waals surface area contributed by atoms with E-state index in [1.165, 1.54) is 70.5 Å². The van der Waals surface area contributed by atoms with Gasteiger partial charge in [-0.15, -0.1) is 0 Å². The van der Waals surface area contributed by atoms with Crippen LogP contribution < -0.4 is 0 Å². The van der Waals surface area contributed by atoms with Crippen LogP contribution in [-0.4, -0.2) is 6.29 Å². The molecule has 2 saturated carbocycles. The Labute approximate surface area is 119 Å². The molecule has 0 amide bonds. The zero-order chi connectivity index (χ0) is 13.5. The molecule has 0 N–H and O–H groups in total. The van der Waals surface area contributed by atoms with E-state index in [1.54, 1.807) is 0 Å². The Morgan fingerprint density at radius 3 is 2.26 bits per heavy atom. The molecular weight excluding hydrogens is 232 g/mol. The summed E-state index contributed by atoms with van der Waals surface area (Å²) in [5.41, 5.74) is 0. The monoisotopic (exact) mass is 264 g/mol. The summed E-state index contributed by atoms with van der Waals surface area (Å²) < 4.78 is 0. The fraction of sp³-hybridized carbons (Fsp3) is 0.944. The zero-order valence-electron chi connectivity index (χ0n) is 12.8. The maximum atomic E-state index is 10.7. The van der Waals surface area contributed by atoms with Crippen molar-refractivity contribution in [3.05, 3.63) is 0 Å². The van der Waals surface area contributed by atoms with Gasteiger partial charge in [-0.05, 0) is 49.9 Å². The van der Waals surface area contributed by atoms with Gasteiger partial charge in [0, 0.05) is 5.92 Å². The standard InChI is InChI=1S/C18H32O/c1-2-15-5-3-7-17(13-15)8-4-6-16-9-11-18(14-19)12-10-16/h14-18H,2-13H2,1H3. The second-order valence-corrected chi connectivity index (χ2v) is 7.15. The molecule has 1 heteroatoms. The normalized spacial score (nSPS) is 36.1. The summed E-state index contributed by atoms with van der Waals surface area (Å²) in [6.45, 7) is 2.36. The van der Waals surface area contributed by atoms with Crippen molar-refractivity contribution in [2.75, 3.05) is 0 Å². The molecule has 0 radical (unpaired) electrons. The fourth-order valence-corrected chi connectivity index (χ4v) is 4.34. The SMILES string of the molecule is CCC1CCCC(CCCC2CCC(C=O)CC2)C1. The first-order valence-corrected chi connectivity index (χ1v) is 8.77. The molecule has 2 fully saturated rings. The Morgan fingerprint density at radius 1 is 0.895 bits per heavy atom. The minimum absolute atomic E-state index is 0.389. The van der Waals surface area contributed by atoms with Crippen molar-refractivity contribution < 1.29 is 4.79 Å². The van der Waals surface area contributed by atoms with Crippen LogP contribution in [0.1, 0.15) is 84.0 Å². The van der Waals surface area contributed by atoms with Crippen molar-refractivity contribution in [3.63, 3.8) is 0 Å². The molecule has 0 aromatic carbocycles. The molecule has 2 atom stereocenters. The maximum Gasteiger partial charge on any atom is 0.123 e. The topological polar surface area (TPSA) is 17.1 Å². The minimum atomic E-state index is 0.389. The summed E-state index contributed by atoms with van der Waals surface area (Å²) in [6.07, 6.45) is 17.8. The van der Waals surface area contributed by atoms with Gasteiger partial charge in [-0.3, -0.25) is 0 Å². The van der Waals surface area contributed by atoms with E-state index in [2.05, 4.69) is 6.92 Å². The number of rotatable bonds is 6. The second kappa shape index (κ2) is 8.07. The molecule has 0 aliphatic heterocycles. The Kier molecular flexibility index (Phi) is 6.40. The van der Waals surface area contributed by atoms with Gasteiger partial charge in [0.2, 0.25) is 0 Å². The van der Waals surface area contributed by atoms with Crippen molar-refractivity contribution in [1.82, 2.24) is 0 Å². The highest BCUT2D eigenvalue weighted by Crippen LogP contribution is 2.36. The van der Waals surface area contributed by atoms with Crippen LogP contribution in [0.4, 0.5) is 0 Å². The van der Waals surface area contributed by atoms with Crippen LogP contribution in [0.15, 0.2) is 0 Å². The van der Waals surface area contributed by atoms with Crippen LogP contribution >= 0.6 is 0 Å². The fourth-order valence-electron chi connectivity index (χ4n) is 4.34. The number of aldehydes is 1. The predicted molar refractivity (Wildman–Crippen MR) is 81.1 cm³/mol. The van der Waals surface area contributed by atoms with E-state index >= 15 is 0 Å². The average Bonchev–Trinajstić information content (AvgIpc) is 2.48. The van der Waals surface area contributed by atoms with Crippen molar-refractivity contribution in [2.24, 2.45) is 23.7 Å². The molecule has 2 aliphatic carbocycles. The van der Waals surface area contributed by atoms with Gasteiger partial charge in [-0.1, -0.05) is 51.9 Å². The van der Waals surface area contributed by atoms with E-state index in [1.807, 2.05) is 0 Å². The summed E-state index contributed by atoms with van der Waals surface area (Å²) in [5, 5.41) is 0. The minimum Gasteiger partial charge on any atom is -0.303 e. The highest BCUT2D eigenvalue weighted by Gasteiger charge is 2.23. The lowest BCUT2D eigenvalue weighted by molar-refractivity contribution is -0.112. The Bertz CT molecular complexity index is 252. The third-order valence-corrected chi connectivity index (χ3v) is 5.78. The Morgan fingerprint density at radius 2 is 1.58 bits per heavy atom. The van der Waals surface area contributed by atoms with Crippen LogP contribution in [0.25, 0.3) is 0 Å². The number of carbonyl (C=O) groups is 1. The molecule has 0 aromatic rings. The summed E-state index contributed by atoms with van der Waals surface area (Å²) in [6, 6.07) is 0. The van der Waals surface area contributed by atoms with Gasteiger partial charge >= 0.3 is 0 Å². The zero-order valence-corrected chi connectivity index (χ0v) is 12.8. The van der Waals surface area contributed by atoms with Gasteiger partial charge < -0.3 is 4.79 Å². The molecule has 0 saturated heterocycles. The lowest BCUT2D eigenvalue weighted by Crippen LogP contribution is -2.17. The molecule has 19 heavy (non-hydrogen) atoms. The van der Waals surface area contributed by atoms with Crippen molar-refractivity contribution in [2.45, 2.75) is 84.0 Å². The van der Waals surface area contributed by atoms with Gasteiger partial charge in [0.05, 0.1) is 0 Å². The van der Waals surface area contributed by atoms with Crippen LogP contribution in [0.3, 0.4) is 0 Å². The van der Waals surface area contributed by atoms with E-state index in [0.29, 0.717) is 5.92 Å². The third kappa shape index (κ3) is 4.93. The van der Waals surface area contributed by atoms with Crippen molar-refractivity contribution in [1.29, 1.82) is 0 Å². The molecule has 0 aromatic heterocycles. The molecule has 2 aliphatic rings. The molecule has 1 nitrogen and oxygen atoms in total. The van der Waals surface area contributed by atoms with Crippen LogP contribution in [0.2, 0.25) is 0 Å². The van der Waals surface area contributed by atoms with Gasteiger partial charge in [0.25, 0.3) is 0 Å². The average molecular weight is 264 g/mol. The first kappa shape index (κ1) is 15.1. The number of hydrogen-bond acceptors (Lipinski definition) is 1. The number of hydrogen-bond donors (Lipinski definition) is 0. The summed E-state index contributed by atoms with van der Waals surface area (Å²) in [5.74, 6) is 3.38. The molecule has 0 heterocycles. The van der Waals surface area contributed by atoms with Gasteiger partial charge in [0.1, 0.15) is 6.29 Å². The van der Waals surface area contributed by atoms with Crippen molar-refractivity contribution >= 4 is 6.29 Å². The van der Waals surface area contributed by atoms with Crippen LogP contribution in [0, 0.1) is 23.7 Å². The maximum absolute atomic E-state index is 10.7. The highest BCUT2D eigenvalue weighted by atomic mass is 16.1. The Balaban J connectivity index is 1.57. The number of carbonyl (C=O) groups excluding carboxylic acids is 1. The van der Waals surface area contributed by atoms with E-state index in [4.69, 9.17) is 0 Å². The summed E-state index contributed by atoms with van der Waals surface area (Å²) in [7, 11) is 0. The van der Waals surface area contributed by atoms with Crippen LogP contribution in [-0.2, 0) is 4.79 Å². The van der Waals surface area contributed by atoms with Gasteiger partial charge in [0.15, 0.2) is 0 Å². The molecule has 2 unspecified atom stereocenters. The third-order valence-electron chi connectivity index (χ3n) is 5.78. The Hall–Kier alpha value is -0.330. The van der Waals surface area contributed by atoms with E-state index in [-0.39, 0.29) is 0 Å². The smallest absolute Gasteiger partial charge is 0.123 e. The largest absolute Gasteiger partial charge is 0.303 e. The van der Waals surface area contributed by atoms with Crippen LogP contribution in [0.5, 0.6) is 0 Å². The molecule has 0 bridgehead atoms. The molecule has 0 spiro atoms. The van der Waals surface area contributed by atoms with E-state index < -0.39 is 0 Å². The van der Waals surface area contributed by atoms with E-state index in [9.17, 15) is 4.79 Å². The molecule has 110 valence electrons. The first-order valence-electron chi connectivity index (χ1n) is 8.77. The first-order chi connectivity index (χ1) is 9.31. The molecule has 2 rings (SSSR count). The quantitative estimate of drug-likeness (QED) is 0.589. The van der Waals surface area contributed by atoms with Crippen molar-refractivity contribution in [3.8, 4) is 0 Å². The molecular formula is C18H32O. The van der Waals surface area contributed by atoms with Gasteiger partial charge in [-0.2, -0.15) is 0 Å². The summed E-state index contributed by atoms with van der Waals surface area (Å²) in [4.78, 5) is 10.7. The summed E-state index contributed by atoms with van der Waals surface area (Å²) >= 11 is 0. The van der Waals surface area contributed by atoms with E-state index in [0.717, 1.165) is 30.6 Å². The highest BCUT2D eigenvalue weighted by molar-refractivity contribution is 5.53.